The number of para-hydroxylation sites is 1. The number of halogens is 1. The number of hydrogen-bond acceptors (Lipinski definition) is 3. The zero-order chi connectivity index (χ0) is 21.8. The molecule has 0 aliphatic carbocycles. The Bertz CT molecular complexity index is 1050. The number of nitrogens with zero attached hydrogens (tertiary/aromatic N) is 1. The third-order valence-corrected chi connectivity index (χ3v) is 5.06. The van der Waals surface area contributed by atoms with Gasteiger partial charge in [0.2, 0.25) is 0 Å². The van der Waals surface area contributed by atoms with Crippen LogP contribution in [0.25, 0.3) is 28.1 Å². The van der Waals surface area contributed by atoms with Gasteiger partial charge >= 0.3 is 0 Å². The van der Waals surface area contributed by atoms with E-state index in [1.54, 1.807) is 18.2 Å². The molecule has 5 heteroatoms. The normalized spacial score (nSPS) is 13.9. The highest BCUT2D eigenvalue weighted by atomic mass is 19.1. The lowest BCUT2D eigenvalue weighted by Gasteiger charge is -2.15. The number of aliphatic hydroxyl groups is 3. The maximum Gasteiger partial charge on any atom is 0.123 e. The molecule has 0 unspecified atom stereocenters. The zero-order valence-electron chi connectivity index (χ0n) is 17.3. The molecule has 2 aromatic carbocycles. The summed E-state index contributed by atoms with van der Waals surface area (Å²) >= 11 is 0. The van der Waals surface area contributed by atoms with Crippen LogP contribution < -0.4 is 0 Å². The van der Waals surface area contributed by atoms with Crippen molar-refractivity contribution in [2.24, 2.45) is 0 Å². The first-order valence-electron chi connectivity index (χ1n) is 10.1. The van der Waals surface area contributed by atoms with Crippen LogP contribution in [0.2, 0.25) is 0 Å². The van der Waals surface area contributed by atoms with Crippen molar-refractivity contribution in [2.45, 2.75) is 44.9 Å². The summed E-state index contributed by atoms with van der Waals surface area (Å²) in [6.45, 7) is 7.55. The summed E-state index contributed by atoms with van der Waals surface area (Å²) in [6.07, 6.45) is 1.84. The molecule has 0 saturated heterocycles. The second-order valence-corrected chi connectivity index (χ2v) is 7.83. The minimum Gasteiger partial charge on any atom is -0.513 e. The topological polar surface area (TPSA) is 65.6 Å². The van der Waals surface area contributed by atoms with Crippen molar-refractivity contribution in [3.8, 4) is 11.1 Å². The van der Waals surface area contributed by atoms with Crippen LogP contribution in [0.3, 0.4) is 0 Å². The van der Waals surface area contributed by atoms with Crippen molar-refractivity contribution in [3.05, 3.63) is 78.5 Å². The number of benzene rings is 2. The van der Waals surface area contributed by atoms with E-state index in [0.29, 0.717) is 0 Å². The quantitative estimate of drug-likeness (QED) is 0.423. The molecule has 1 heterocycles. The Balaban J connectivity index is 2.08. The van der Waals surface area contributed by atoms with Gasteiger partial charge in [0.25, 0.3) is 0 Å². The maximum absolute atomic E-state index is 13.5. The van der Waals surface area contributed by atoms with E-state index in [1.807, 2.05) is 30.3 Å². The molecule has 3 rings (SSSR count). The molecule has 3 N–H and O–H groups in total. The molecule has 0 aliphatic rings. The molecule has 0 aliphatic heterocycles. The summed E-state index contributed by atoms with van der Waals surface area (Å²) in [6, 6.07) is 14.6. The second-order valence-electron chi connectivity index (χ2n) is 7.83. The van der Waals surface area contributed by atoms with Gasteiger partial charge in [0.15, 0.2) is 0 Å². The molecule has 4 nitrogen and oxygen atoms in total. The fourth-order valence-electron chi connectivity index (χ4n) is 3.84. The molecule has 0 saturated carbocycles. The van der Waals surface area contributed by atoms with Crippen molar-refractivity contribution in [3.63, 3.8) is 0 Å². The number of hydrogen-bond donors (Lipinski definition) is 3. The Labute approximate surface area is 176 Å². The molecule has 1 aromatic heterocycles. The van der Waals surface area contributed by atoms with E-state index in [-0.39, 0.29) is 30.5 Å². The number of fused-ring (bicyclic) bond motifs is 1. The summed E-state index contributed by atoms with van der Waals surface area (Å²) in [5.41, 5.74) is 3.81. The Morgan fingerprint density at radius 1 is 1.10 bits per heavy atom. The fraction of sp³-hybridized carbons (Fsp3) is 0.280. The van der Waals surface area contributed by atoms with Crippen molar-refractivity contribution < 1.29 is 19.7 Å². The molecular weight excluding hydrogens is 381 g/mol. The number of aliphatic hydroxyl groups excluding tert-OH is 3. The Morgan fingerprint density at radius 3 is 2.40 bits per heavy atom. The predicted octanol–water partition coefficient (Wildman–Crippen LogP) is 5.62. The minimum absolute atomic E-state index is 0.0258. The zero-order valence-corrected chi connectivity index (χ0v) is 17.3. The number of aromatic nitrogens is 1. The van der Waals surface area contributed by atoms with Crippen LogP contribution in [-0.4, -0.2) is 32.1 Å². The van der Waals surface area contributed by atoms with Crippen molar-refractivity contribution >= 4 is 17.0 Å². The molecule has 2 atom stereocenters. The van der Waals surface area contributed by atoms with E-state index in [4.69, 9.17) is 0 Å². The molecule has 0 radical (unpaired) electrons. The third kappa shape index (κ3) is 4.81. The standard InChI is InChI=1S/C25H28FNO3/c1-16(2)27-23-7-5-4-6-22(23)25(18-8-10-19(26)11-9-18)24(27)13-12-20(29)15-21(30)14-17(3)28/h4-13,16,20-21,28-30H,3,14-15H2,1-2H3/b13-12+/t20-,21+/m0/s1. The number of rotatable bonds is 8. The largest absolute Gasteiger partial charge is 0.513 e. The van der Waals surface area contributed by atoms with Crippen LogP contribution in [0.1, 0.15) is 38.4 Å². The maximum atomic E-state index is 13.5. The van der Waals surface area contributed by atoms with Gasteiger partial charge < -0.3 is 19.9 Å². The van der Waals surface area contributed by atoms with Crippen molar-refractivity contribution in [2.75, 3.05) is 0 Å². The van der Waals surface area contributed by atoms with Gasteiger partial charge in [-0.3, -0.25) is 0 Å². The molecule has 3 aromatic rings. The molecule has 0 bridgehead atoms. The monoisotopic (exact) mass is 409 g/mol. The van der Waals surface area contributed by atoms with E-state index >= 15 is 0 Å². The van der Waals surface area contributed by atoms with E-state index in [2.05, 4.69) is 25.0 Å². The highest BCUT2D eigenvalue weighted by Crippen LogP contribution is 2.38. The molecular formula is C25H28FNO3. The first-order chi connectivity index (χ1) is 14.3. The lowest BCUT2D eigenvalue weighted by molar-refractivity contribution is 0.0965. The molecule has 0 amide bonds. The van der Waals surface area contributed by atoms with Gasteiger partial charge in [-0.05, 0) is 43.7 Å². The third-order valence-electron chi connectivity index (χ3n) is 5.06. The van der Waals surface area contributed by atoms with Gasteiger partial charge in [0, 0.05) is 41.0 Å². The summed E-state index contributed by atoms with van der Waals surface area (Å²) < 4.78 is 15.7. The molecule has 158 valence electrons. The van der Waals surface area contributed by atoms with Gasteiger partial charge in [-0.25, -0.2) is 4.39 Å². The van der Waals surface area contributed by atoms with E-state index in [0.717, 1.165) is 27.7 Å². The predicted molar refractivity (Wildman–Crippen MR) is 120 cm³/mol. The van der Waals surface area contributed by atoms with Crippen LogP contribution in [0, 0.1) is 5.82 Å². The van der Waals surface area contributed by atoms with Gasteiger partial charge in [-0.1, -0.05) is 43.0 Å². The second kappa shape index (κ2) is 9.28. The molecule has 0 fully saturated rings. The van der Waals surface area contributed by atoms with Crippen LogP contribution in [0.4, 0.5) is 4.39 Å². The highest BCUT2D eigenvalue weighted by molar-refractivity contribution is 6.01. The summed E-state index contributed by atoms with van der Waals surface area (Å²) in [4.78, 5) is 0. The lowest BCUT2D eigenvalue weighted by atomic mass is 10.0. The average molecular weight is 410 g/mol. The SMILES string of the molecule is C=C(O)C[C@@H](O)C[C@@H](O)/C=C/c1c(-c2ccc(F)cc2)c2ccccc2n1C(C)C. The van der Waals surface area contributed by atoms with Crippen molar-refractivity contribution in [1.82, 2.24) is 4.57 Å². The van der Waals surface area contributed by atoms with E-state index < -0.39 is 12.2 Å². The Morgan fingerprint density at radius 2 is 1.77 bits per heavy atom. The molecule has 30 heavy (non-hydrogen) atoms. The van der Waals surface area contributed by atoms with Gasteiger partial charge in [0.05, 0.1) is 18.0 Å². The first kappa shape index (κ1) is 21.8. The van der Waals surface area contributed by atoms with Gasteiger partial charge in [-0.15, -0.1) is 0 Å². The van der Waals surface area contributed by atoms with Crippen LogP contribution in [0.5, 0.6) is 0 Å². The summed E-state index contributed by atoms with van der Waals surface area (Å²) in [5.74, 6) is -0.407. The molecule has 0 spiro atoms. The minimum atomic E-state index is -0.890. The van der Waals surface area contributed by atoms with Crippen molar-refractivity contribution in [1.29, 1.82) is 0 Å². The van der Waals surface area contributed by atoms with E-state index in [9.17, 15) is 19.7 Å². The summed E-state index contributed by atoms with van der Waals surface area (Å²) in [5, 5.41) is 30.6. The smallest absolute Gasteiger partial charge is 0.123 e. The van der Waals surface area contributed by atoms with E-state index in [1.165, 1.54) is 12.1 Å². The van der Waals surface area contributed by atoms with Crippen LogP contribution >= 0.6 is 0 Å². The Hall–Kier alpha value is -2.89. The average Bonchev–Trinajstić information content (AvgIpc) is 3.00. The Kier molecular flexibility index (Phi) is 6.75. The van der Waals surface area contributed by atoms with Gasteiger partial charge in [-0.2, -0.15) is 0 Å². The van der Waals surface area contributed by atoms with Gasteiger partial charge in [0.1, 0.15) is 5.82 Å². The first-order valence-corrected chi connectivity index (χ1v) is 10.1. The summed E-state index contributed by atoms with van der Waals surface area (Å²) in [7, 11) is 0. The van der Waals surface area contributed by atoms with Crippen LogP contribution in [-0.2, 0) is 0 Å². The highest BCUT2D eigenvalue weighted by Gasteiger charge is 2.19. The van der Waals surface area contributed by atoms with Crippen LogP contribution in [0.15, 0.2) is 66.9 Å². The fourth-order valence-corrected chi connectivity index (χ4v) is 3.84. The lowest BCUT2D eigenvalue weighted by Crippen LogP contribution is -2.16.